The van der Waals surface area contributed by atoms with Gasteiger partial charge in [-0.05, 0) is 91.7 Å². The summed E-state index contributed by atoms with van der Waals surface area (Å²) >= 11 is 0. The number of aromatic nitrogens is 5. The number of para-hydroxylation sites is 3. The van der Waals surface area contributed by atoms with Crippen LogP contribution in [-0.4, -0.2) is 24.1 Å². The quantitative estimate of drug-likeness (QED) is 0.157. The summed E-state index contributed by atoms with van der Waals surface area (Å²) in [5.74, 6) is 1.44. The zero-order chi connectivity index (χ0) is 41.9. The van der Waals surface area contributed by atoms with Gasteiger partial charge >= 0.3 is 0 Å². The minimum Gasteiger partial charge on any atom is -0.309 e. The Morgan fingerprint density at radius 1 is 0.452 bits per heavy atom. The van der Waals surface area contributed by atoms with Crippen LogP contribution in [0.25, 0.3) is 105 Å². The third-order valence-corrected chi connectivity index (χ3v) is 11.7. The molecule has 7 heteroatoms. The van der Waals surface area contributed by atoms with Gasteiger partial charge in [0.2, 0.25) is 0 Å². The molecule has 0 aliphatic heterocycles. The van der Waals surface area contributed by atoms with E-state index >= 15 is 0 Å². The summed E-state index contributed by atoms with van der Waals surface area (Å²) in [6.45, 7) is 12.3. The van der Waals surface area contributed by atoms with Crippen LogP contribution >= 0.6 is 0 Å². The average molecular weight is 794 g/mol. The van der Waals surface area contributed by atoms with Crippen LogP contribution in [0.3, 0.4) is 0 Å². The molecule has 0 saturated heterocycles. The Labute approximate surface area is 357 Å². The van der Waals surface area contributed by atoms with Crippen LogP contribution in [0, 0.1) is 31.8 Å². The Hall–Kier alpha value is -8.65. The SMILES string of the molecule is [C-]#[N+]c1ccccc1-c1ccc(-n2c3ccccc3c3cc(C)ccc32)c(-c2nc(-c3ccccc3)nc(-c3ccc(C#N)cc3-n3c4ccccc4c4cc(C)ccc43)n2)c1. The largest absolute Gasteiger partial charge is 0.309 e. The first-order valence-corrected chi connectivity index (χ1v) is 20.4. The molecule has 0 aliphatic carbocycles. The van der Waals surface area contributed by atoms with Gasteiger partial charge in [0.05, 0.1) is 51.6 Å². The normalized spacial score (nSPS) is 11.4. The minimum atomic E-state index is 0.460. The number of hydrogen-bond donors (Lipinski definition) is 0. The van der Waals surface area contributed by atoms with Crippen molar-refractivity contribution in [3.63, 3.8) is 0 Å². The molecule has 0 fully saturated rings. The van der Waals surface area contributed by atoms with Crippen molar-refractivity contribution in [2.24, 2.45) is 0 Å². The van der Waals surface area contributed by atoms with Crippen molar-refractivity contribution in [2.75, 3.05) is 0 Å². The molecule has 0 aliphatic rings. The lowest BCUT2D eigenvalue weighted by molar-refractivity contribution is 1.06. The van der Waals surface area contributed by atoms with E-state index in [0.29, 0.717) is 28.7 Å². The summed E-state index contributed by atoms with van der Waals surface area (Å²) in [6, 6.07) is 62.0. The maximum atomic E-state index is 10.3. The smallest absolute Gasteiger partial charge is 0.194 e. The summed E-state index contributed by atoms with van der Waals surface area (Å²) < 4.78 is 4.52. The molecule has 290 valence electrons. The Bertz CT molecular complexity index is 3690. The molecule has 0 amide bonds. The molecule has 0 N–H and O–H groups in total. The summed E-state index contributed by atoms with van der Waals surface area (Å²) in [5, 5.41) is 14.8. The fourth-order valence-electron chi connectivity index (χ4n) is 8.89. The number of nitriles is 1. The zero-order valence-corrected chi connectivity index (χ0v) is 33.9. The Balaban J connectivity index is 1.24. The molecule has 62 heavy (non-hydrogen) atoms. The zero-order valence-electron chi connectivity index (χ0n) is 33.9. The van der Waals surface area contributed by atoms with Crippen LogP contribution < -0.4 is 0 Å². The molecule has 0 bridgehead atoms. The number of aryl methyl sites for hydroxylation is 2. The molecule has 11 aromatic rings. The van der Waals surface area contributed by atoms with Crippen molar-refractivity contribution in [3.8, 4) is 62.7 Å². The van der Waals surface area contributed by atoms with Gasteiger partial charge < -0.3 is 9.13 Å². The van der Waals surface area contributed by atoms with E-state index in [1.807, 2.05) is 78.9 Å². The maximum Gasteiger partial charge on any atom is 0.194 e. The molecule has 0 spiro atoms. The van der Waals surface area contributed by atoms with Crippen LogP contribution in [0.15, 0.2) is 176 Å². The number of fused-ring (bicyclic) bond motifs is 6. The number of hydrogen-bond acceptors (Lipinski definition) is 4. The molecular formula is C55H35N7. The summed E-state index contributed by atoms with van der Waals surface area (Å²) in [6.07, 6.45) is 0. The molecule has 0 saturated carbocycles. The second-order valence-corrected chi connectivity index (χ2v) is 15.6. The highest BCUT2D eigenvalue weighted by atomic mass is 15.1. The van der Waals surface area contributed by atoms with Crippen LogP contribution in [0.5, 0.6) is 0 Å². The number of nitrogens with zero attached hydrogens (tertiary/aromatic N) is 7. The topological polar surface area (TPSA) is 76.7 Å². The number of benzene rings is 8. The van der Waals surface area contributed by atoms with E-state index in [0.717, 1.165) is 88.4 Å². The molecule has 3 heterocycles. The standard InChI is InChI=1S/C55H35N7/c1-34-21-26-49-43(29-34)40-16-8-11-19-47(40)61(49)51-28-24-38(39-15-7-10-18-46(39)57-3)32-45(51)55-59-53(37-13-5-4-6-14-37)58-54(60-55)42-25-23-36(33-56)31-52(42)62-48-20-12-9-17-41(48)44-30-35(2)22-27-50(44)62/h4-32H,1-2H3. The highest BCUT2D eigenvalue weighted by Crippen LogP contribution is 2.41. The van der Waals surface area contributed by atoms with Crippen LogP contribution in [0.4, 0.5) is 5.69 Å². The number of rotatable bonds is 6. The third-order valence-electron chi connectivity index (χ3n) is 11.7. The van der Waals surface area contributed by atoms with Gasteiger partial charge in [-0.15, -0.1) is 0 Å². The first-order chi connectivity index (χ1) is 30.5. The van der Waals surface area contributed by atoms with Crippen molar-refractivity contribution in [3.05, 3.63) is 204 Å². The Morgan fingerprint density at radius 3 is 1.68 bits per heavy atom. The fourth-order valence-corrected chi connectivity index (χ4v) is 8.89. The van der Waals surface area contributed by atoms with Gasteiger partial charge in [-0.2, -0.15) is 5.26 Å². The van der Waals surface area contributed by atoms with Crippen LogP contribution in [0.1, 0.15) is 16.7 Å². The van der Waals surface area contributed by atoms with Crippen LogP contribution in [-0.2, 0) is 0 Å². The maximum absolute atomic E-state index is 10.3. The molecule has 0 unspecified atom stereocenters. The van der Waals surface area contributed by atoms with Gasteiger partial charge in [-0.1, -0.05) is 120 Å². The minimum absolute atomic E-state index is 0.460. The van der Waals surface area contributed by atoms with E-state index in [9.17, 15) is 5.26 Å². The predicted molar refractivity (Wildman–Crippen MR) is 251 cm³/mol. The molecule has 3 aromatic heterocycles. The Morgan fingerprint density at radius 2 is 1.02 bits per heavy atom. The summed E-state index contributed by atoms with van der Waals surface area (Å²) in [4.78, 5) is 19.9. The average Bonchev–Trinajstić information content (AvgIpc) is 3.83. The van der Waals surface area contributed by atoms with Crippen molar-refractivity contribution in [1.29, 1.82) is 5.26 Å². The molecule has 7 nitrogen and oxygen atoms in total. The van der Waals surface area contributed by atoms with Crippen molar-refractivity contribution < 1.29 is 0 Å². The molecule has 11 rings (SSSR count). The van der Waals surface area contributed by atoms with Gasteiger partial charge in [0.25, 0.3) is 0 Å². The molecule has 0 radical (unpaired) electrons. The lowest BCUT2D eigenvalue weighted by Gasteiger charge is -2.18. The van der Waals surface area contributed by atoms with E-state index in [-0.39, 0.29) is 0 Å². The molecular weight excluding hydrogens is 759 g/mol. The van der Waals surface area contributed by atoms with E-state index in [1.54, 1.807) is 0 Å². The summed E-state index contributed by atoms with van der Waals surface area (Å²) in [7, 11) is 0. The summed E-state index contributed by atoms with van der Waals surface area (Å²) in [5.41, 5.74) is 13.3. The van der Waals surface area contributed by atoms with E-state index < -0.39 is 0 Å². The van der Waals surface area contributed by atoms with Crippen LogP contribution in [0.2, 0.25) is 0 Å². The second-order valence-electron chi connectivity index (χ2n) is 15.6. The van der Waals surface area contributed by atoms with E-state index in [1.165, 1.54) is 5.56 Å². The van der Waals surface area contributed by atoms with Gasteiger partial charge in [0.1, 0.15) is 0 Å². The highest BCUT2D eigenvalue weighted by Gasteiger charge is 2.23. The van der Waals surface area contributed by atoms with Crippen molar-refractivity contribution in [2.45, 2.75) is 13.8 Å². The monoisotopic (exact) mass is 793 g/mol. The van der Waals surface area contributed by atoms with Gasteiger partial charge in [-0.25, -0.2) is 19.8 Å². The predicted octanol–water partition coefficient (Wildman–Crippen LogP) is 13.8. The van der Waals surface area contributed by atoms with Gasteiger partial charge in [-0.3, -0.25) is 0 Å². The van der Waals surface area contributed by atoms with Crippen molar-refractivity contribution >= 4 is 49.3 Å². The lowest BCUT2D eigenvalue weighted by atomic mass is 9.99. The van der Waals surface area contributed by atoms with Gasteiger partial charge in [0, 0.05) is 38.2 Å². The first kappa shape index (κ1) is 36.4. The van der Waals surface area contributed by atoms with Gasteiger partial charge in [0.15, 0.2) is 23.2 Å². The first-order valence-electron chi connectivity index (χ1n) is 20.4. The third kappa shape index (κ3) is 5.92. The second kappa shape index (κ2) is 14.6. The Kier molecular flexibility index (Phi) is 8.56. The van der Waals surface area contributed by atoms with E-state index in [4.69, 9.17) is 21.5 Å². The van der Waals surface area contributed by atoms with E-state index in [2.05, 4.69) is 131 Å². The molecule has 0 atom stereocenters. The fraction of sp³-hybridized carbons (Fsp3) is 0.0364. The highest BCUT2D eigenvalue weighted by molar-refractivity contribution is 6.11. The molecule has 8 aromatic carbocycles. The lowest BCUT2D eigenvalue weighted by Crippen LogP contribution is -2.06. The van der Waals surface area contributed by atoms with Crippen molar-refractivity contribution in [1.82, 2.24) is 24.1 Å².